The molecule has 0 spiro atoms. The summed E-state index contributed by atoms with van der Waals surface area (Å²) < 4.78 is 16.5. The number of rotatable bonds is 6. The van der Waals surface area contributed by atoms with Crippen LogP contribution in [0.2, 0.25) is 0 Å². The first-order valence-electron chi connectivity index (χ1n) is 7.08. The second-order valence-electron chi connectivity index (χ2n) is 4.78. The van der Waals surface area contributed by atoms with Gasteiger partial charge in [0.25, 0.3) is 0 Å². The fourth-order valence-electron chi connectivity index (χ4n) is 2.09. The van der Waals surface area contributed by atoms with E-state index in [1.54, 1.807) is 6.20 Å². The van der Waals surface area contributed by atoms with E-state index in [1.165, 1.54) is 0 Å². The van der Waals surface area contributed by atoms with Crippen LogP contribution in [0.15, 0.2) is 36.5 Å². The van der Waals surface area contributed by atoms with Crippen LogP contribution in [0.4, 0.5) is 0 Å². The number of ether oxygens (including phenoxy) is 3. The Bertz CT molecular complexity index is 616. The third-order valence-corrected chi connectivity index (χ3v) is 3.10. The molecule has 5 heteroatoms. The number of aromatic nitrogens is 1. The number of nitrogens with zero attached hydrogens (tertiary/aromatic N) is 1. The third kappa shape index (κ3) is 3.44. The number of pyridine rings is 1. The number of hydrogen-bond acceptors (Lipinski definition) is 5. The molecule has 0 fully saturated rings. The second kappa shape index (κ2) is 6.45. The monoisotopic (exact) mass is 286 g/mol. The predicted molar refractivity (Wildman–Crippen MR) is 78.9 cm³/mol. The van der Waals surface area contributed by atoms with Crippen molar-refractivity contribution in [1.82, 2.24) is 10.3 Å². The molecule has 5 nitrogen and oxygen atoms in total. The van der Waals surface area contributed by atoms with Crippen LogP contribution in [0.3, 0.4) is 0 Å². The van der Waals surface area contributed by atoms with Crippen LogP contribution in [-0.2, 0) is 6.54 Å². The van der Waals surface area contributed by atoms with E-state index < -0.39 is 0 Å². The van der Waals surface area contributed by atoms with Gasteiger partial charge in [0.15, 0.2) is 11.5 Å². The lowest BCUT2D eigenvalue weighted by atomic mass is 10.3. The van der Waals surface area contributed by atoms with E-state index in [2.05, 4.69) is 17.2 Å². The van der Waals surface area contributed by atoms with Crippen molar-refractivity contribution >= 4 is 0 Å². The summed E-state index contributed by atoms with van der Waals surface area (Å²) in [5.41, 5.74) is 0.960. The molecule has 1 aliphatic rings. The van der Waals surface area contributed by atoms with Crippen LogP contribution in [0.25, 0.3) is 0 Å². The van der Waals surface area contributed by atoms with E-state index in [-0.39, 0.29) is 6.79 Å². The molecule has 0 bridgehead atoms. The first-order chi connectivity index (χ1) is 10.3. The Morgan fingerprint density at radius 3 is 2.90 bits per heavy atom. The molecule has 0 saturated heterocycles. The van der Waals surface area contributed by atoms with Crippen molar-refractivity contribution in [3.8, 4) is 23.0 Å². The predicted octanol–water partition coefficient (Wildman–Crippen LogP) is 3.10. The van der Waals surface area contributed by atoms with Gasteiger partial charge in [0.05, 0.1) is 5.69 Å². The number of benzene rings is 1. The summed E-state index contributed by atoms with van der Waals surface area (Å²) >= 11 is 0. The van der Waals surface area contributed by atoms with E-state index in [1.807, 2.05) is 30.3 Å². The van der Waals surface area contributed by atoms with Crippen LogP contribution in [0, 0.1) is 0 Å². The summed E-state index contributed by atoms with van der Waals surface area (Å²) in [5.74, 6) is 2.95. The number of nitrogens with one attached hydrogen (secondary N) is 1. The van der Waals surface area contributed by atoms with Crippen LogP contribution >= 0.6 is 0 Å². The molecular formula is C16H18N2O3. The van der Waals surface area contributed by atoms with Crippen LogP contribution in [0.5, 0.6) is 23.0 Å². The van der Waals surface area contributed by atoms with Gasteiger partial charge in [0.2, 0.25) is 6.79 Å². The zero-order valence-electron chi connectivity index (χ0n) is 12.0. The van der Waals surface area contributed by atoms with E-state index >= 15 is 0 Å². The molecule has 110 valence electrons. The molecule has 1 aromatic carbocycles. The fraction of sp³-hybridized carbons (Fsp3) is 0.312. The summed E-state index contributed by atoms with van der Waals surface area (Å²) in [6.45, 7) is 4.13. The van der Waals surface area contributed by atoms with Gasteiger partial charge in [-0.05, 0) is 31.2 Å². The minimum atomic E-state index is 0.265. The van der Waals surface area contributed by atoms with Crippen LogP contribution < -0.4 is 19.5 Å². The summed E-state index contributed by atoms with van der Waals surface area (Å²) in [5, 5.41) is 3.32. The molecule has 21 heavy (non-hydrogen) atoms. The molecule has 3 rings (SSSR count). The average Bonchev–Trinajstić information content (AvgIpc) is 2.95. The molecule has 0 aliphatic carbocycles. The van der Waals surface area contributed by atoms with Gasteiger partial charge in [-0.25, -0.2) is 0 Å². The molecule has 0 atom stereocenters. The first-order valence-corrected chi connectivity index (χ1v) is 7.08. The molecule has 1 N–H and O–H groups in total. The summed E-state index contributed by atoms with van der Waals surface area (Å²) in [6.07, 6.45) is 2.86. The maximum absolute atomic E-state index is 5.85. The van der Waals surface area contributed by atoms with Crippen molar-refractivity contribution in [1.29, 1.82) is 0 Å². The van der Waals surface area contributed by atoms with Crippen molar-refractivity contribution in [3.05, 3.63) is 42.2 Å². The number of hydrogen-bond donors (Lipinski definition) is 1. The smallest absolute Gasteiger partial charge is 0.231 e. The average molecular weight is 286 g/mol. The summed E-state index contributed by atoms with van der Waals surface area (Å²) in [4.78, 5) is 4.32. The third-order valence-electron chi connectivity index (χ3n) is 3.10. The van der Waals surface area contributed by atoms with E-state index in [4.69, 9.17) is 14.2 Å². The van der Waals surface area contributed by atoms with Gasteiger partial charge in [-0.1, -0.05) is 6.92 Å². The standard InChI is InChI=1S/C16H18N2O3/c1-2-6-17-10-12-8-14(5-7-18-12)21-13-3-4-15-16(9-13)20-11-19-15/h3-5,7-9,17H,2,6,10-11H2,1H3. The Kier molecular flexibility index (Phi) is 4.21. The second-order valence-corrected chi connectivity index (χ2v) is 4.78. The fourth-order valence-corrected chi connectivity index (χ4v) is 2.09. The lowest BCUT2D eigenvalue weighted by Crippen LogP contribution is -2.14. The Balaban J connectivity index is 1.68. The maximum Gasteiger partial charge on any atom is 0.231 e. The van der Waals surface area contributed by atoms with E-state index in [0.717, 1.165) is 42.5 Å². The van der Waals surface area contributed by atoms with Gasteiger partial charge >= 0.3 is 0 Å². The molecule has 0 amide bonds. The molecule has 0 saturated carbocycles. The molecule has 2 aromatic rings. The minimum Gasteiger partial charge on any atom is -0.457 e. The van der Waals surface area contributed by atoms with E-state index in [9.17, 15) is 0 Å². The molecule has 2 heterocycles. The highest BCUT2D eigenvalue weighted by Crippen LogP contribution is 2.36. The topological polar surface area (TPSA) is 52.6 Å². The van der Waals surface area contributed by atoms with Gasteiger partial charge < -0.3 is 19.5 Å². The molecule has 0 radical (unpaired) electrons. The van der Waals surface area contributed by atoms with Crippen molar-refractivity contribution in [2.45, 2.75) is 19.9 Å². The van der Waals surface area contributed by atoms with Gasteiger partial charge in [-0.15, -0.1) is 0 Å². The first kappa shape index (κ1) is 13.7. The maximum atomic E-state index is 5.85. The molecule has 1 aromatic heterocycles. The van der Waals surface area contributed by atoms with Gasteiger partial charge in [0, 0.05) is 24.9 Å². The largest absolute Gasteiger partial charge is 0.457 e. The van der Waals surface area contributed by atoms with Gasteiger partial charge in [0.1, 0.15) is 11.5 Å². The lowest BCUT2D eigenvalue weighted by Gasteiger charge is -2.08. The SMILES string of the molecule is CCCNCc1cc(Oc2ccc3c(c2)OCO3)ccn1. The van der Waals surface area contributed by atoms with Crippen LogP contribution in [0.1, 0.15) is 19.0 Å². The highest BCUT2D eigenvalue weighted by atomic mass is 16.7. The normalized spacial score (nSPS) is 12.4. The summed E-state index contributed by atoms with van der Waals surface area (Å²) in [6, 6.07) is 9.32. The lowest BCUT2D eigenvalue weighted by molar-refractivity contribution is 0.174. The Morgan fingerprint density at radius 2 is 2.00 bits per heavy atom. The zero-order chi connectivity index (χ0) is 14.5. The van der Waals surface area contributed by atoms with Gasteiger partial charge in [-0.3, -0.25) is 4.98 Å². The number of fused-ring (bicyclic) bond motifs is 1. The van der Waals surface area contributed by atoms with Crippen molar-refractivity contribution in [2.75, 3.05) is 13.3 Å². The summed E-state index contributed by atoms with van der Waals surface area (Å²) in [7, 11) is 0. The highest BCUT2D eigenvalue weighted by molar-refractivity contribution is 5.48. The molecule has 0 unspecified atom stereocenters. The zero-order valence-corrected chi connectivity index (χ0v) is 12.0. The van der Waals surface area contributed by atoms with Crippen LogP contribution in [-0.4, -0.2) is 18.3 Å². The minimum absolute atomic E-state index is 0.265. The molecule has 1 aliphatic heterocycles. The van der Waals surface area contributed by atoms with Crippen molar-refractivity contribution in [2.24, 2.45) is 0 Å². The quantitative estimate of drug-likeness (QED) is 0.827. The van der Waals surface area contributed by atoms with E-state index in [0.29, 0.717) is 5.75 Å². The van der Waals surface area contributed by atoms with Crippen molar-refractivity contribution in [3.63, 3.8) is 0 Å². The Morgan fingerprint density at radius 1 is 1.14 bits per heavy atom. The van der Waals surface area contributed by atoms with Gasteiger partial charge in [-0.2, -0.15) is 0 Å². The highest BCUT2D eigenvalue weighted by Gasteiger charge is 2.14. The molecular weight excluding hydrogens is 268 g/mol. The Hall–Kier alpha value is -2.27. The van der Waals surface area contributed by atoms with Crippen molar-refractivity contribution < 1.29 is 14.2 Å². The Labute approximate surface area is 123 Å².